The summed E-state index contributed by atoms with van der Waals surface area (Å²) in [7, 11) is -1.99. The van der Waals surface area contributed by atoms with Gasteiger partial charge in [0.2, 0.25) is 10.0 Å². The highest BCUT2D eigenvalue weighted by molar-refractivity contribution is 7.89. The number of nitrogens with zero attached hydrogens (tertiary/aromatic N) is 1. The van der Waals surface area contributed by atoms with Crippen LogP contribution in [0.3, 0.4) is 0 Å². The first-order valence-corrected chi connectivity index (χ1v) is 9.64. The maximum absolute atomic E-state index is 12.9. The smallest absolute Gasteiger partial charge is 0.287 e. The minimum atomic E-state index is -3.52. The Bertz CT molecular complexity index is 862. The van der Waals surface area contributed by atoms with E-state index in [-0.39, 0.29) is 16.6 Å². The number of fused-ring (bicyclic) bond motifs is 1. The summed E-state index contributed by atoms with van der Waals surface area (Å²) in [5.74, 6) is -0.0996. The molecule has 0 atom stereocenters. The Morgan fingerprint density at radius 2 is 1.83 bits per heavy atom. The van der Waals surface area contributed by atoms with Gasteiger partial charge in [-0.3, -0.25) is 4.79 Å². The zero-order chi connectivity index (χ0) is 17.3. The molecular formula is C17H22N2O4S. The third kappa shape index (κ3) is 2.93. The van der Waals surface area contributed by atoms with E-state index in [9.17, 15) is 13.2 Å². The van der Waals surface area contributed by atoms with Crippen LogP contribution in [-0.2, 0) is 10.0 Å². The van der Waals surface area contributed by atoms with Gasteiger partial charge < -0.3 is 9.73 Å². The summed E-state index contributed by atoms with van der Waals surface area (Å²) in [6.45, 7) is 2.89. The second kappa shape index (κ2) is 6.57. The number of carbonyl (C=O) groups excluding carboxylic acids is 1. The van der Waals surface area contributed by atoms with Crippen LogP contribution in [0.15, 0.2) is 27.5 Å². The fraction of sp³-hybridized carbons (Fsp3) is 0.471. The third-order valence-electron chi connectivity index (χ3n) is 4.54. The lowest BCUT2D eigenvalue weighted by Gasteiger charge is -2.19. The van der Waals surface area contributed by atoms with Crippen LogP contribution in [0.4, 0.5) is 0 Å². The maximum atomic E-state index is 12.9. The predicted octanol–water partition coefficient (Wildman–Crippen LogP) is 2.67. The van der Waals surface area contributed by atoms with E-state index >= 15 is 0 Å². The molecule has 7 heteroatoms. The molecule has 0 saturated carbocycles. The fourth-order valence-electron chi connectivity index (χ4n) is 3.12. The Hall–Kier alpha value is -1.86. The summed E-state index contributed by atoms with van der Waals surface area (Å²) in [6.07, 6.45) is 3.93. The monoisotopic (exact) mass is 350 g/mol. The first-order chi connectivity index (χ1) is 11.4. The summed E-state index contributed by atoms with van der Waals surface area (Å²) in [5.41, 5.74) is 1.16. The Morgan fingerprint density at radius 3 is 2.46 bits per heavy atom. The van der Waals surface area contributed by atoms with E-state index in [1.807, 2.05) is 0 Å². The summed E-state index contributed by atoms with van der Waals surface area (Å²) in [4.78, 5) is 12.1. The molecule has 1 fully saturated rings. The largest absolute Gasteiger partial charge is 0.451 e. The highest BCUT2D eigenvalue weighted by Gasteiger charge is 2.26. The predicted molar refractivity (Wildman–Crippen MR) is 91.6 cm³/mol. The molecule has 1 aromatic heterocycles. The highest BCUT2D eigenvalue weighted by atomic mass is 32.2. The van der Waals surface area contributed by atoms with Gasteiger partial charge in [-0.15, -0.1) is 0 Å². The van der Waals surface area contributed by atoms with Gasteiger partial charge in [-0.05, 0) is 38.0 Å². The topological polar surface area (TPSA) is 79.6 Å². The molecular weight excluding hydrogens is 328 g/mol. The van der Waals surface area contributed by atoms with Crippen molar-refractivity contribution < 1.29 is 17.6 Å². The number of hydrogen-bond acceptors (Lipinski definition) is 4. The quantitative estimate of drug-likeness (QED) is 0.923. The molecule has 0 unspecified atom stereocenters. The van der Waals surface area contributed by atoms with E-state index < -0.39 is 10.0 Å². The molecule has 130 valence electrons. The number of hydrogen-bond donors (Lipinski definition) is 1. The van der Waals surface area contributed by atoms with Crippen LogP contribution in [-0.4, -0.2) is 38.8 Å². The van der Waals surface area contributed by atoms with Crippen molar-refractivity contribution >= 4 is 26.9 Å². The van der Waals surface area contributed by atoms with E-state index in [1.54, 1.807) is 29.4 Å². The average Bonchev–Trinajstić information content (AvgIpc) is 2.77. The van der Waals surface area contributed by atoms with Crippen molar-refractivity contribution in [3.05, 3.63) is 29.5 Å². The molecule has 0 radical (unpaired) electrons. The normalized spacial score (nSPS) is 16.9. The van der Waals surface area contributed by atoms with Crippen molar-refractivity contribution in [3.8, 4) is 0 Å². The van der Waals surface area contributed by atoms with Gasteiger partial charge in [-0.2, -0.15) is 4.31 Å². The summed E-state index contributed by atoms with van der Waals surface area (Å²) in [6, 6.07) is 4.79. The molecule has 1 aliphatic heterocycles. The molecule has 6 nitrogen and oxygen atoms in total. The summed E-state index contributed by atoms with van der Waals surface area (Å²) >= 11 is 0. The second-order valence-corrected chi connectivity index (χ2v) is 8.05. The zero-order valence-electron chi connectivity index (χ0n) is 14.0. The van der Waals surface area contributed by atoms with Gasteiger partial charge >= 0.3 is 0 Å². The maximum Gasteiger partial charge on any atom is 0.287 e. The first-order valence-electron chi connectivity index (χ1n) is 8.20. The van der Waals surface area contributed by atoms with Crippen LogP contribution >= 0.6 is 0 Å². The van der Waals surface area contributed by atoms with Crippen molar-refractivity contribution in [1.82, 2.24) is 9.62 Å². The van der Waals surface area contributed by atoms with Crippen molar-refractivity contribution in [2.45, 2.75) is 37.5 Å². The van der Waals surface area contributed by atoms with Crippen molar-refractivity contribution in [3.63, 3.8) is 0 Å². The number of aryl methyl sites for hydroxylation is 1. The van der Waals surface area contributed by atoms with Crippen LogP contribution < -0.4 is 5.32 Å². The molecule has 1 aromatic carbocycles. The summed E-state index contributed by atoms with van der Waals surface area (Å²) in [5, 5.41) is 3.18. The molecule has 2 aromatic rings. The van der Waals surface area contributed by atoms with Crippen molar-refractivity contribution in [2.75, 3.05) is 20.1 Å². The van der Waals surface area contributed by atoms with Gasteiger partial charge in [-0.1, -0.05) is 12.8 Å². The Labute approximate surface area is 141 Å². The molecule has 1 saturated heterocycles. The Morgan fingerprint density at radius 1 is 1.17 bits per heavy atom. The fourth-order valence-corrected chi connectivity index (χ4v) is 4.67. The SMILES string of the molecule is CNC(=O)c1oc2ccc(S(=O)(=O)N3CCCCCC3)cc2c1C. The van der Waals surface area contributed by atoms with Crippen molar-refractivity contribution in [1.29, 1.82) is 0 Å². The lowest BCUT2D eigenvalue weighted by Crippen LogP contribution is -2.31. The number of rotatable bonds is 3. The molecule has 24 heavy (non-hydrogen) atoms. The molecule has 1 aliphatic rings. The average molecular weight is 350 g/mol. The second-order valence-electron chi connectivity index (χ2n) is 6.11. The lowest BCUT2D eigenvalue weighted by atomic mass is 10.1. The number of benzene rings is 1. The first kappa shape index (κ1) is 17.0. The molecule has 0 bridgehead atoms. The van der Waals surface area contributed by atoms with Gasteiger partial charge in [0.25, 0.3) is 5.91 Å². The van der Waals surface area contributed by atoms with E-state index in [0.29, 0.717) is 29.6 Å². The number of carbonyl (C=O) groups is 1. The van der Waals surface area contributed by atoms with Crippen LogP contribution in [0.5, 0.6) is 0 Å². The number of amides is 1. The van der Waals surface area contributed by atoms with E-state index in [1.165, 1.54) is 7.05 Å². The van der Waals surface area contributed by atoms with Gasteiger partial charge in [0.1, 0.15) is 5.58 Å². The highest BCUT2D eigenvalue weighted by Crippen LogP contribution is 2.29. The van der Waals surface area contributed by atoms with Gasteiger partial charge in [0, 0.05) is 31.1 Å². The Kier molecular flexibility index (Phi) is 4.64. The third-order valence-corrected chi connectivity index (χ3v) is 6.44. The summed E-state index contributed by atoms with van der Waals surface area (Å²) < 4.78 is 32.9. The van der Waals surface area contributed by atoms with Crippen LogP contribution in [0.2, 0.25) is 0 Å². The van der Waals surface area contributed by atoms with Crippen molar-refractivity contribution in [2.24, 2.45) is 0 Å². The van der Waals surface area contributed by atoms with E-state index in [2.05, 4.69) is 5.32 Å². The molecule has 3 rings (SSSR count). The Balaban J connectivity index is 2.03. The number of furan rings is 1. The van der Waals surface area contributed by atoms with Gasteiger partial charge in [0.05, 0.1) is 4.90 Å². The zero-order valence-corrected chi connectivity index (χ0v) is 14.8. The van der Waals surface area contributed by atoms with Gasteiger partial charge in [0.15, 0.2) is 5.76 Å². The van der Waals surface area contributed by atoms with Crippen LogP contribution in [0.1, 0.15) is 41.8 Å². The molecule has 0 aliphatic carbocycles. The van der Waals surface area contributed by atoms with Crippen LogP contribution in [0.25, 0.3) is 11.0 Å². The van der Waals surface area contributed by atoms with E-state index in [0.717, 1.165) is 25.7 Å². The lowest BCUT2D eigenvalue weighted by molar-refractivity contribution is 0.0937. The van der Waals surface area contributed by atoms with E-state index in [4.69, 9.17) is 4.42 Å². The molecule has 1 N–H and O–H groups in total. The molecule has 1 amide bonds. The van der Waals surface area contributed by atoms with Gasteiger partial charge in [-0.25, -0.2) is 8.42 Å². The number of sulfonamides is 1. The molecule has 2 heterocycles. The molecule has 0 spiro atoms. The number of nitrogens with one attached hydrogen (secondary N) is 1. The standard InChI is InChI=1S/C17H22N2O4S/c1-12-14-11-13(7-8-15(14)23-16(12)17(20)18-2)24(21,22)19-9-5-3-4-6-10-19/h7-8,11H,3-6,9-10H2,1-2H3,(H,18,20). The minimum absolute atomic E-state index is 0.219. The minimum Gasteiger partial charge on any atom is -0.451 e. The van der Waals surface area contributed by atoms with Crippen LogP contribution in [0, 0.1) is 6.92 Å².